The van der Waals surface area contributed by atoms with E-state index in [9.17, 15) is 14.4 Å². The molecule has 8 nitrogen and oxygen atoms in total. The van der Waals surface area contributed by atoms with E-state index < -0.39 is 11.3 Å². The molecule has 1 aliphatic heterocycles. The number of hydrogen-bond acceptors (Lipinski definition) is 6. The molecule has 1 saturated carbocycles. The molecule has 1 saturated heterocycles. The maximum atomic E-state index is 12.8. The molecule has 0 bridgehead atoms. The Kier molecular flexibility index (Phi) is 5.92. The molecule has 1 aromatic rings. The quantitative estimate of drug-likeness (QED) is 0.835. The molecule has 2 fully saturated rings. The van der Waals surface area contributed by atoms with Crippen molar-refractivity contribution in [3.63, 3.8) is 0 Å². The van der Waals surface area contributed by atoms with Gasteiger partial charge in [0.1, 0.15) is 6.26 Å². The van der Waals surface area contributed by atoms with Gasteiger partial charge in [0.15, 0.2) is 5.76 Å². The van der Waals surface area contributed by atoms with E-state index in [4.69, 9.17) is 13.9 Å². The predicted molar refractivity (Wildman–Crippen MR) is 92.2 cm³/mol. The summed E-state index contributed by atoms with van der Waals surface area (Å²) in [5, 5.41) is 3.03. The molecular formula is C18H24N2O6. The number of carbonyl (C=O) groups is 2. The molecule has 2 heterocycles. The average molecular weight is 364 g/mol. The number of morpholine rings is 1. The van der Waals surface area contributed by atoms with E-state index in [2.05, 4.69) is 5.32 Å². The van der Waals surface area contributed by atoms with Crippen LogP contribution in [0.4, 0.5) is 0 Å². The van der Waals surface area contributed by atoms with Gasteiger partial charge in [0.2, 0.25) is 17.1 Å². The third kappa shape index (κ3) is 4.24. The standard InChI is InChI=1S/C18H24N2O6/c1-24-16-11-26-15(9-14(16)21)18(23)20-6-7-25-10-13(20)8-17(22)19-12-4-2-3-5-12/h9,11-13H,2-8,10H2,1H3,(H,19,22). The fourth-order valence-electron chi connectivity index (χ4n) is 3.46. The van der Waals surface area contributed by atoms with E-state index in [1.807, 2.05) is 0 Å². The highest BCUT2D eigenvalue weighted by Crippen LogP contribution is 2.19. The Balaban J connectivity index is 1.67. The van der Waals surface area contributed by atoms with Crippen LogP contribution < -0.4 is 15.5 Å². The molecule has 0 spiro atoms. The van der Waals surface area contributed by atoms with E-state index >= 15 is 0 Å². The summed E-state index contributed by atoms with van der Waals surface area (Å²) in [5.74, 6) is -0.539. The van der Waals surface area contributed by atoms with Gasteiger partial charge < -0.3 is 24.1 Å². The molecule has 2 amide bonds. The zero-order valence-corrected chi connectivity index (χ0v) is 14.9. The van der Waals surface area contributed by atoms with Crippen LogP contribution in [-0.4, -0.2) is 55.7 Å². The lowest BCUT2D eigenvalue weighted by molar-refractivity contribution is -0.124. The Morgan fingerprint density at radius 3 is 2.81 bits per heavy atom. The topological polar surface area (TPSA) is 98.1 Å². The maximum Gasteiger partial charge on any atom is 0.290 e. The lowest BCUT2D eigenvalue weighted by Crippen LogP contribution is -2.51. The Hall–Kier alpha value is -2.35. The second kappa shape index (κ2) is 8.35. The van der Waals surface area contributed by atoms with Gasteiger partial charge >= 0.3 is 0 Å². The van der Waals surface area contributed by atoms with Crippen molar-refractivity contribution in [3.8, 4) is 5.75 Å². The van der Waals surface area contributed by atoms with Gasteiger partial charge in [0.25, 0.3) is 5.91 Å². The van der Waals surface area contributed by atoms with Crippen LogP contribution in [-0.2, 0) is 9.53 Å². The molecule has 1 aliphatic carbocycles. The first-order valence-corrected chi connectivity index (χ1v) is 8.93. The van der Waals surface area contributed by atoms with Crippen LogP contribution in [0.25, 0.3) is 0 Å². The molecule has 0 aromatic carbocycles. The smallest absolute Gasteiger partial charge is 0.290 e. The third-order valence-corrected chi connectivity index (χ3v) is 4.86. The summed E-state index contributed by atoms with van der Waals surface area (Å²) < 4.78 is 15.5. The molecule has 0 radical (unpaired) electrons. The number of ether oxygens (including phenoxy) is 2. The summed E-state index contributed by atoms with van der Waals surface area (Å²) in [6, 6.07) is 0.965. The lowest BCUT2D eigenvalue weighted by atomic mass is 10.1. The van der Waals surface area contributed by atoms with E-state index in [0.717, 1.165) is 38.0 Å². The van der Waals surface area contributed by atoms with Crippen molar-refractivity contribution in [2.75, 3.05) is 26.9 Å². The summed E-state index contributed by atoms with van der Waals surface area (Å²) in [6.07, 6.45) is 5.58. The molecule has 142 valence electrons. The number of hydrogen-bond donors (Lipinski definition) is 1. The number of rotatable bonds is 5. The van der Waals surface area contributed by atoms with Crippen molar-refractivity contribution in [2.24, 2.45) is 0 Å². The number of carbonyl (C=O) groups excluding carboxylic acids is 2. The van der Waals surface area contributed by atoms with Crippen LogP contribution >= 0.6 is 0 Å². The van der Waals surface area contributed by atoms with Gasteiger partial charge in [-0.15, -0.1) is 0 Å². The Morgan fingerprint density at radius 1 is 1.35 bits per heavy atom. The number of nitrogens with one attached hydrogen (secondary N) is 1. The first-order valence-electron chi connectivity index (χ1n) is 8.93. The summed E-state index contributed by atoms with van der Waals surface area (Å²) in [5.41, 5.74) is -0.425. The predicted octanol–water partition coefficient (Wildman–Crippen LogP) is 0.938. The molecular weight excluding hydrogens is 340 g/mol. The Bertz CT molecular complexity index is 710. The van der Waals surface area contributed by atoms with Gasteiger partial charge in [-0.1, -0.05) is 12.8 Å². The van der Waals surface area contributed by atoms with Gasteiger partial charge in [-0.25, -0.2) is 0 Å². The molecule has 3 rings (SSSR count). The maximum absolute atomic E-state index is 12.8. The van der Waals surface area contributed by atoms with Crippen molar-refractivity contribution in [2.45, 2.75) is 44.2 Å². The zero-order valence-electron chi connectivity index (χ0n) is 14.9. The summed E-state index contributed by atoms with van der Waals surface area (Å²) in [6.45, 7) is 1.01. The van der Waals surface area contributed by atoms with Crippen LogP contribution in [0.3, 0.4) is 0 Å². The molecule has 1 unspecified atom stereocenters. The fraction of sp³-hybridized carbons (Fsp3) is 0.611. The molecule has 1 N–H and O–H groups in total. The largest absolute Gasteiger partial charge is 0.490 e. The van der Waals surface area contributed by atoms with Crippen LogP contribution in [0.1, 0.15) is 42.7 Å². The first kappa shape index (κ1) is 18.4. The van der Waals surface area contributed by atoms with E-state index in [-0.39, 0.29) is 42.5 Å². The van der Waals surface area contributed by atoms with Crippen molar-refractivity contribution in [3.05, 3.63) is 28.3 Å². The van der Waals surface area contributed by atoms with Crippen LogP contribution in [0.15, 0.2) is 21.5 Å². The van der Waals surface area contributed by atoms with E-state index in [0.29, 0.717) is 13.2 Å². The molecule has 26 heavy (non-hydrogen) atoms. The summed E-state index contributed by atoms with van der Waals surface area (Å²) in [4.78, 5) is 38.5. The van der Waals surface area contributed by atoms with E-state index in [1.54, 1.807) is 4.90 Å². The lowest BCUT2D eigenvalue weighted by Gasteiger charge is -2.35. The van der Waals surface area contributed by atoms with E-state index in [1.165, 1.54) is 7.11 Å². The SMILES string of the molecule is COc1coc(C(=O)N2CCOCC2CC(=O)NC2CCCC2)cc1=O. The van der Waals surface area contributed by atoms with Crippen molar-refractivity contribution >= 4 is 11.8 Å². The summed E-state index contributed by atoms with van der Waals surface area (Å²) >= 11 is 0. The second-order valence-electron chi connectivity index (χ2n) is 6.66. The van der Waals surface area contributed by atoms with Gasteiger partial charge in [-0.2, -0.15) is 0 Å². The highest BCUT2D eigenvalue weighted by Gasteiger charge is 2.32. The normalized spacial score (nSPS) is 20.8. The fourth-order valence-corrected chi connectivity index (χ4v) is 3.46. The summed E-state index contributed by atoms with van der Waals surface area (Å²) in [7, 11) is 1.36. The van der Waals surface area contributed by atoms with Crippen molar-refractivity contribution < 1.29 is 23.5 Å². The van der Waals surface area contributed by atoms with Gasteiger partial charge in [0.05, 0.1) is 26.4 Å². The zero-order chi connectivity index (χ0) is 18.5. The molecule has 1 atom stereocenters. The van der Waals surface area contributed by atoms with Crippen molar-refractivity contribution in [1.29, 1.82) is 0 Å². The highest BCUT2D eigenvalue weighted by atomic mass is 16.5. The van der Waals surface area contributed by atoms with Gasteiger partial charge in [-0.3, -0.25) is 14.4 Å². The van der Waals surface area contributed by atoms with Crippen molar-refractivity contribution in [1.82, 2.24) is 10.2 Å². The minimum absolute atomic E-state index is 0.0380. The van der Waals surface area contributed by atoms with Gasteiger partial charge in [0, 0.05) is 25.1 Å². The molecule has 8 heteroatoms. The second-order valence-corrected chi connectivity index (χ2v) is 6.66. The van der Waals surface area contributed by atoms with Crippen LogP contribution in [0.2, 0.25) is 0 Å². The Morgan fingerprint density at radius 2 is 2.12 bits per heavy atom. The Labute approximate surface area is 151 Å². The first-order chi connectivity index (χ1) is 12.6. The number of methoxy groups -OCH3 is 1. The highest BCUT2D eigenvalue weighted by molar-refractivity contribution is 5.92. The number of nitrogens with zero attached hydrogens (tertiary/aromatic N) is 1. The third-order valence-electron chi connectivity index (χ3n) is 4.86. The van der Waals surface area contributed by atoms with Crippen LogP contribution in [0.5, 0.6) is 5.75 Å². The monoisotopic (exact) mass is 364 g/mol. The van der Waals surface area contributed by atoms with Gasteiger partial charge in [-0.05, 0) is 12.8 Å². The number of amides is 2. The minimum Gasteiger partial charge on any atom is -0.490 e. The average Bonchev–Trinajstić information content (AvgIpc) is 3.14. The molecule has 1 aromatic heterocycles. The minimum atomic E-state index is -0.425. The van der Waals surface area contributed by atoms with Crippen LogP contribution in [0, 0.1) is 0 Å². The molecule has 2 aliphatic rings.